The zero-order chi connectivity index (χ0) is 12.8. The van der Waals surface area contributed by atoms with Crippen molar-refractivity contribution in [2.75, 3.05) is 18.9 Å². The number of primary amides is 1. The van der Waals surface area contributed by atoms with Gasteiger partial charge in [-0.1, -0.05) is 11.6 Å². The second-order valence-electron chi connectivity index (χ2n) is 3.01. The van der Waals surface area contributed by atoms with Gasteiger partial charge in [0, 0.05) is 6.20 Å². The molecule has 7 nitrogen and oxygen atoms in total. The monoisotopic (exact) mass is 258 g/mol. The van der Waals surface area contributed by atoms with Gasteiger partial charge in [-0.25, -0.2) is 9.78 Å². The first kappa shape index (κ1) is 13.0. The lowest BCUT2D eigenvalue weighted by Gasteiger charge is -2.05. The van der Waals surface area contributed by atoms with E-state index in [2.05, 4.69) is 15.0 Å². The van der Waals surface area contributed by atoms with Crippen LogP contribution in [-0.4, -0.2) is 30.1 Å². The highest BCUT2D eigenvalue weighted by molar-refractivity contribution is 6.33. The summed E-state index contributed by atoms with van der Waals surface area (Å²) < 4.78 is 4.43. The number of carbonyl (C=O) groups is 2. The van der Waals surface area contributed by atoms with Gasteiger partial charge < -0.3 is 21.5 Å². The molecule has 1 rings (SSSR count). The highest BCUT2D eigenvalue weighted by Crippen LogP contribution is 2.16. The van der Waals surface area contributed by atoms with Gasteiger partial charge in [-0.2, -0.15) is 0 Å². The van der Waals surface area contributed by atoms with E-state index in [-0.39, 0.29) is 29.6 Å². The largest absolute Gasteiger partial charge is 0.448 e. The second kappa shape index (κ2) is 5.90. The Kier molecular flexibility index (Phi) is 4.53. The molecule has 1 aromatic rings. The first-order valence-corrected chi connectivity index (χ1v) is 5.00. The third kappa shape index (κ3) is 4.15. The molecule has 0 saturated carbocycles. The number of nitrogens with two attached hydrogens (primary N) is 2. The molecule has 92 valence electrons. The van der Waals surface area contributed by atoms with Crippen LogP contribution in [-0.2, 0) is 4.74 Å². The number of rotatable bonds is 4. The number of amides is 2. The Bertz CT molecular complexity index is 438. The van der Waals surface area contributed by atoms with Crippen molar-refractivity contribution in [3.63, 3.8) is 0 Å². The van der Waals surface area contributed by atoms with E-state index in [1.165, 1.54) is 12.3 Å². The number of pyridine rings is 1. The van der Waals surface area contributed by atoms with E-state index in [1.54, 1.807) is 0 Å². The highest BCUT2D eigenvalue weighted by atomic mass is 35.5. The van der Waals surface area contributed by atoms with Gasteiger partial charge in [0.2, 0.25) is 0 Å². The van der Waals surface area contributed by atoms with Crippen LogP contribution in [0.3, 0.4) is 0 Å². The third-order valence-corrected chi connectivity index (χ3v) is 2.07. The first-order chi connectivity index (χ1) is 8.00. The fraction of sp³-hybridized carbons (Fsp3) is 0.222. The summed E-state index contributed by atoms with van der Waals surface area (Å²) in [5, 5.41) is 2.69. The molecular formula is C9H11ClN4O3. The number of hydrogen-bond donors (Lipinski definition) is 3. The molecule has 0 bridgehead atoms. The minimum Gasteiger partial charge on any atom is -0.448 e. The van der Waals surface area contributed by atoms with Crippen LogP contribution in [0.4, 0.5) is 10.6 Å². The molecule has 0 atom stereocenters. The molecule has 0 spiro atoms. The standard InChI is InChI=1S/C9H11ClN4O3/c10-6-3-5(4-14-7(6)11)8(15)13-1-2-17-9(12)16/h3-4H,1-2H2,(H2,11,14)(H2,12,16)(H,13,15). The lowest BCUT2D eigenvalue weighted by Crippen LogP contribution is -2.29. The van der Waals surface area contributed by atoms with E-state index in [9.17, 15) is 9.59 Å². The third-order valence-electron chi connectivity index (χ3n) is 1.76. The fourth-order valence-corrected chi connectivity index (χ4v) is 1.16. The van der Waals surface area contributed by atoms with Crippen molar-refractivity contribution in [1.29, 1.82) is 0 Å². The van der Waals surface area contributed by atoms with E-state index < -0.39 is 12.0 Å². The summed E-state index contributed by atoms with van der Waals surface area (Å²) in [5.41, 5.74) is 10.4. The number of halogens is 1. The minimum absolute atomic E-state index is 0.00277. The summed E-state index contributed by atoms with van der Waals surface area (Å²) >= 11 is 5.71. The van der Waals surface area contributed by atoms with E-state index in [0.29, 0.717) is 0 Å². The number of hydrogen-bond acceptors (Lipinski definition) is 5. The number of nitrogens with one attached hydrogen (secondary N) is 1. The maximum absolute atomic E-state index is 11.5. The van der Waals surface area contributed by atoms with Crippen LogP contribution in [0.15, 0.2) is 12.3 Å². The Labute approximate surface area is 102 Å². The Morgan fingerprint density at radius 1 is 1.53 bits per heavy atom. The maximum atomic E-state index is 11.5. The number of carbonyl (C=O) groups excluding carboxylic acids is 2. The van der Waals surface area contributed by atoms with Gasteiger partial charge in [0.25, 0.3) is 5.91 Å². The SMILES string of the molecule is NC(=O)OCCNC(=O)c1cnc(N)c(Cl)c1. The zero-order valence-corrected chi connectivity index (χ0v) is 9.53. The molecular weight excluding hydrogens is 248 g/mol. The summed E-state index contributed by atoms with van der Waals surface area (Å²) in [6.45, 7) is 0.140. The topological polar surface area (TPSA) is 120 Å². The Hall–Kier alpha value is -2.02. The van der Waals surface area contributed by atoms with Gasteiger partial charge in [0.05, 0.1) is 17.1 Å². The molecule has 1 heterocycles. The van der Waals surface area contributed by atoms with Crippen LogP contribution < -0.4 is 16.8 Å². The van der Waals surface area contributed by atoms with E-state index >= 15 is 0 Å². The van der Waals surface area contributed by atoms with E-state index in [4.69, 9.17) is 23.1 Å². The van der Waals surface area contributed by atoms with Gasteiger partial charge in [0.15, 0.2) is 0 Å². The minimum atomic E-state index is -0.892. The lowest BCUT2D eigenvalue weighted by molar-refractivity contribution is 0.0936. The molecule has 0 aliphatic rings. The smallest absolute Gasteiger partial charge is 0.404 e. The average molecular weight is 259 g/mol. The summed E-state index contributed by atoms with van der Waals surface area (Å²) in [4.78, 5) is 25.5. The van der Waals surface area contributed by atoms with Gasteiger partial charge in [-0.05, 0) is 6.07 Å². The van der Waals surface area contributed by atoms with Crippen molar-refractivity contribution >= 4 is 29.4 Å². The fourth-order valence-electron chi connectivity index (χ4n) is 0.991. The Balaban J connectivity index is 2.47. The molecule has 0 aliphatic carbocycles. The molecule has 1 aromatic heterocycles. The number of nitrogen functional groups attached to an aromatic ring is 1. The number of aromatic nitrogens is 1. The van der Waals surface area contributed by atoms with Crippen molar-refractivity contribution in [2.45, 2.75) is 0 Å². The average Bonchev–Trinajstić information content (AvgIpc) is 2.27. The molecule has 17 heavy (non-hydrogen) atoms. The van der Waals surface area contributed by atoms with Crippen molar-refractivity contribution in [3.05, 3.63) is 22.8 Å². The van der Waals surface area contributed by atoms with Crippen LogP contribution >= 0.6 is 11.6 Å². The van der Waals surface area contributed by atoms with Crippen LogP contribution in [0.5, 0.6) is 0 Å². The molecule has 2 amide bonds. The maximum Gasteiger partial charge on any atom is 0.404 e. The molecule has 5 N–H and O–H groups in total. The molecule has 0 unspecified atom stereocenters. The normalized spacial score (nSPS) is 9.71. The van der Waals surface area contributed by atoms with Crippen LogP contribution in [0, 0.1) is 0 Å². The number of nitrogens with zero attached hydrogens (tertiary/aromatic N) is 1. The summed E-state index contributed by atoms with van der Waals surface area (Å²) in [5.74, 6) is -0.243. The summed E-state index contributed by atoms with van der Waals surface area (Å²) in [6.07, 6.45) is 0.405. The van der Waals surface area contributed by atoms with Crippen LogP contribution in [0.1, 0.15) is 10.4 Å². The van der Waals surface area contributed by atoms with Crippen LogP contribution in [0.25, 0.3) is 0 Å². The van der Waals surface area contributed by atoms with Gasteiger partial charge in [-0.15, -0.1) is 0 Å². The molecule has 0 radical (unpaired) electrons. The number of anilines is 1. The Morgan fingerprint density at radius 3 is 2.82 bits per heavy atom. The Morgan fingerprint density at radius 2 is 2.24 bits per heavy atom. The lowest BCUT2D eigenvalue weighted by atomic mass is 10.2. The highest BCUT2D eigenvalue weighted by Gasteiger charge is 2.08. The first-order valence-electron chi connectivity index (χ1n) is 4.62. The molecule has 0 aromatic carbocycles. The van der Waals surface area contributed by atoms with Crippen LogP contribution in [0.2, 0.25) is 5.02 Å². The number of ether oxygens (including phenoxy) is 1. The van der Waals surface area contributed by atoms with Crippen molar-refractivity contribution < 1.29 is 14.3 Å². The molecule has 0 saturated heterocycles. The molecule has 8 heteroatoms. The van der Waals surface area contributed by atoms with Crippen molar-refractivity contribution in [1.82, 2.24) is 10.3 Å². The van der Waals surface area contributed by atoms with Gasteiger partial charge in [0.1, 0.15) is 12.4 Å². The predicted molar refractivity (Wildman–Crippen MR) is 61.5 cm³/mol. The molecule has 0 fully saturated rings. The summed E-state index contributed by atoms with van der Waals surface area (Å²) in [6, 6.07) is 1.40. The van der Waals surface area contributed by atoms with Crippen molar-refractivity contribution in [2.24, 2.45) is 5.73 Å². The van der Waals surface area contributed by atoms with Crippen molar-refractivity contribution in [3.8, 4) is 0 Å². The van der Waals surface area contributed by atoms with Gasteiger partial charge >= 0.3 is 6.09 Å². The van der Waals surface area contributed by atoms with E-state index in [1.807, 2.05) is 0 Å². The zero-order valence-electron chi connectivity index (χ0n) is 8.77. The quantitative estimate of drug-likeness (QED) is 0.664. The predicted octanol–water partition coefficient (Wildman–Crippen LogP) is 0.142. The van der Waals surface area contributed by atoms with E-state index in [0.717, 1.165) is 0 Å². The summed E-state index contributed by atoms with van der Waals surface area (Å²) in [7, 11) is 0. The molecule has 0 aliphatic heterocycles. The second-order valence-corrected chi connectivity index (χ2v) is 3.42. The van der Waals surface area contributed by atoms with Gasteiger partial charge in [-0.3, -0.25) is 4.79 Å².